The SMILES string of the molecule is COc1c(NN)cccc1-c1ccccc1. The predicted molar refractivity (Wildman–Crippen MR) is 66.2 cm³/mol. The predicted octanol–water partition coefficient (Wildman–Crippen LogP) is 2.65. The van der Waals surface area contributed by atoms with Crippen molar-refractivity contribution in [3.8, 4) is 16.9 Å². The molecule has 0 saturated heterocycles. The van der Waals surface area contributed by atoms with Crippen LogP contribution in [0.15, 0.2) is 48.5 Å². The third-order valence-corrected chi connectivity index (χ3v) is 2.46. The monoisotopic (exact) mass is 214 g/mol. The fourth-order valence-corrected chi connectivity index (χ4v) is 1.72. The van der Waals surface area contributed by atoms with Crippen molar-refractivity contribution in [2.24, 2.45) is 5.84 Å². The van der Waals surface area contributed by atoms with Crippen molar-refractivity contribution in [3.05, 3.63) is 48.5 Å². The molecule has 2 rings (SSSR count). The number of ether oxygens (including phenoxy) is 1. The van der Waals surface area contributed by atoms with Crippen LogP contribution in [0.4, 0.5) is 5.69 Å². The van der Waals surface area contributed by atoms with Crippen molar-refractivity contribution in [3.63, 3.8) is 0 Å². The van der Waals surface area contributed by atoms with Gasteiger partial charge in [0.2, 0.25) is 0 Å². The van der Waals surface area contributed by atoms with Crippen LogP contribution in [0.2, 0.25) is 0 Å². The number of hydrogen-bond donors (Lipinski definition) is 2. The second-order valence-corrected chi connectivity index (χ2v) is 3.40. The summed E-state index contributed by atoms with van der Waals surface area (Å²) in [6.45, 7) is 0. The van der Waals surface area contributed by atoms with E-state index in [0.29, 0.717) is 0 Å². The van der Waals surface area contributed by atoms with Crippen LogP contribution < -0.4 is 16.0 Å². The Morgan fingerprint density at radius 3 is 2.38 bits per heavy atom. The summed E-state index contributed by atoms with van der Waals surface area (Å²) in [6, 6.07) is 15.9. The zero-order valence-electron chi connectivity index (χ0n) is 9.10. The smallest absolute Gasteiger partial charge is 0.151 e. The van der Waals surface area contributed by atoms with Crippen molar-refractivity contribution < 1.29 is 4.74 Å². The number of rotatable bonds is 3. The van der Waals surface area contributed by atoms with Gasteiger partial charge in [-0.15, -0.1) is 0 Å². The molecule has 0 unspecified atom stereocenters. The van der Waals surface area contributed by atoms with Gasteiger partial charge >= 0.3 is 0 Å². The third kappa shape index (κ3) is 1.85. The average molecular weight is 214 g/mol. The minimum absolute atomic E-state index is 0.760. The Bertz CT molecular complexity index is 469. The van der Waals surface area contributed by atoms with Crippen LogP contribution >= 0.6 is 0 Å². The first kappa shape index (κ1) is 10.5. The fourth-order valence-electron chi connectivity index (χ4n) is 1.72. The summed E-state index contributed by atoms with van der Waals surface area (Å²) in [7, 11) is 1.64. The lowest BCUT2D eigenvalue weighted by atomic mass is 10.0. The molecule has 0 spiro atoms. The number of nitrogens with one attached hydrogen (secondary N) is 1. The van der Waals surface area contributed by atoms with Crippen LogP contribution in [0.1, 0.15) is 0 Å². The van der Waals surface area contributed by atoms with Crippen LogP contribution in [0.25, 0.3) is 11.1 Å². The van der Waals surface area contributed by atoms with Gasteiger partial charge in [0.1, 0.15) is 0 Å². The first-order chi connectivity index (χ1) is 7.86. The van der Waals surface area contributed by atoms with Gasteiger partial charge in [0.25, 0.3) is 0 Å². The van der Waals surface area contributed by atoms with E-state index in [2.05, 4.69) is 5.43 Å². The number of benzene rings is 2. The molecule has 3 heteroatoms. The highest BCUT2D eigenvalue weighted by atomic mass is 16.5. The van der Waals surface area contributed by atoms with Crippen molar-refractivity contribution in [2.45, 2.75) is 0 Å². The number of methoxy groups -OCH3 is 1. The van der Waals surface area contributed by atoms with E-state index in [4.69, 9.17) is 10.6 Å². The molecule has 0 heterocycles. The second kappa shape index (κ2) is 4.68. The molecule has 0 aliphatic rings. The molecule has 3 N–H and O–H groups in total. The summed E-state index contributed by atoms with van der Waals surface area (Å²) in [5, 5.41) is 0. The van der Waals surface area contributed by atoms with Crippen LogP contribution in [0, 0.1) is 0 Å². The number of hydrogen-bond acceptors (Lipinski definition) is 3. The van der Waals surface area contributed by atoms with E-state index in [1.807, 2.05) is 48.5 Å². The summed E-state index contributed by atoms with van der Waals surface area (Å²) >= 11 is 0. The summed E-state index contributed by atoms with van der Waals surface area (Å²) in [5.41, 5.74) is 5.55. The standard InChI is InChI=1S/C13H14N2O/c1-16-13-11(8-5-9-12(13)15-14)10-6-3-2-4-7-10/h2-9,15H,14H2,1H3. The molecule has 2 aromatic rings. The van der Waals surface area contributed by atoms with E-state index in [1.165, 1.54) is 0 Å². The highest BCUT2D eigenvalue weighted by Crippen LogP contribution is 2.35. The van der Waals surface area contributed by atoms with Crippen LogP contribution in [0.3, 0.4) is 0 Å². The summed E-state index contributed by atoms with van der Waals surface area (Å²) in [4.78, 5) is 0. The molecule has 0 radical (unpaired) electrons. The number of para-hydroxylation sites is 1. The Balaban J connectivity index is 2.57. The molecule has 0 aromatic heterocycles. The zero-order chi connectivity index (χ0) is 11.4. The van der Waals surface area contributed by atoms with Crippen molar-refractivity contribution in [1.82, 2.24) is 0 Å². The van der Waals surface area contributed by atoms with Gasteiger partial charge in [-0.3, -0.25) is 5.84 Å². The van der Waals surface area contributed by atoms with E-state index < -0.39 is 0 Å². The van der Waals surface area contributed by atoms with Gasteiger partial charge in [-0.1, -0.05) is 42.5 Å². The molecule has 0 atom stereocenters. The summed E-state index contributed by atoms with van der Waals surface area (Å²) in [5.74, 6) is 6.20. The van der Waals surface area contributed by atoms with Crippen molar-refractivity contribution in [2.75, 3.05) is 12.5 Å². The molecule has 0 fully saturated rings. The maximum absolute atomic E-state index is 5.44. The van der Waals surface area contributed by atoms with E-state index in [9.17, 15) is 0 Å². The second-order valence-electron chi connectivity index (χ2n) is 3.40. The molecule has 16 heavy (non-hydrogen) atoms. The Morgan fingerprint density at radius 1 is 1.00 bits per heavy atom. The van der Waals surface area contributed by atoms with Gasteiger partial charge in [-0.2, -0.15) is 0 Å². The van der Waals surface area contributed by atoms with E-state index in [1.54, 1.807) is 7.11 Å². The lowest BCUT2D eigenvalue weighted by molar-refractivity contribution is 0.418. The summed E-state index contributed by atoms with van der Waals surface area (Å²) in [6.07, 6.45) is 0. The highest BCUT2D eigenvalue weighted by Gasteiger charge is 2.08. The van der Waals surface area contributed by atoms with Gasteiger partial charge in [-0.25, -0.2) is 0 Å². The first-order valence-corrected chi connectivity index (χ1v) is 5.06. The van der Waals surface area contributed by atoms with Crippen LogP contribution in [-0.2, 0) is 0 Å². The molecule has 0 saturated carbocycles. The maximum atomic E-state index is 5.44. The molecular weight excluding hydrogens is 200 g/mol. The lowest BCUT2D eigenvalue weighted by Gasteiger charge is -2.12. The van der Waals surface area contributed by atoms with Gasteiger partial charge in [0.05, 0.1) is 12.8 Å². The topological polar surface area (TPSA) is 47.3 Å². The Morgan fingerprint density at radius 2 is 1.75 bits per heavy atom. The number of nitrogen functional groups attached to an aromatic ring is 1. The molecular formula is C13H14N2O. The maximum Gasteiger partial charge on any atom is 0.151 e. The molecule has 0 aliphatic heterocycles. The van der Waals surface area contributed by atoms with E-state index in [-0.39, 0.29) is 0 Å². The van der Waals surface area contributed by atoms with Gasteiger partial charge in [0, 0.05) is 5.56 Å². The molecule has 0 aliphatic carbocycles. The Kier molecular flexibility index (Phi) is 3.08. The third-order valence-electron chi connectivity index (χ3n) is 2.46. The van der Waals surface area contributed by atoms with E-state index in [0.717, 1.165) is 22.6 Å². The highest BCUT2D eigenvalue weighted by molar-refractivity contribution is 5.77. The first-order valence-electron chi connectivity index (χ1n) is 5.06. The molecule has 0 amide bonds. The van der Waals surface area contributed by atoms with Crippen molar-refractivity contribution in [1.29, 1.82) is 0 Å². The molecule has 3 nitrogen and oxygen atoms in total. The lowest BCUT2D eigenvalue weighted by Crippen LogP contribution is -2.08. The van der Waals surface area contributed by atoms with Crippen LogP contribution in [0.5, 0.6) is 5.75 Å². The molecule has 2 aromatic carbocycles. The average Bonchev–Trinajstić information content (AvgIpc) is 2.38. The number of nitrogens with two attached hydrogens (primary N) is 1. The minimum atomic E-state index is 0.760. The number of anilines is 1. The Labute approximate surface area is 94.8 Å². The Hall–Kier alpha value is -2.00. The fraction of sp³-hybridized carbons (Fsp3) is 0.0769. The minimum Gasteiger partial charge on any atom is -0.494 e. The van der Waals surface area contributed by atoms with Gasteiger partial charge in [0.15, 0.2) is 5.75 Å². The zero-order valence-corrected chi connectivity index (χ0v) is 9.10. The largest absolute Gasteiger partial charge is 0.494 e. The molecule has 0 bridgehead atoms. The number of hydrazine groups is 1. The quantitative estimate of drug-likeness (QED) is 0.610. The normalized spacial score (nSPS) is 9.88. The molecule has 82 valence electrons. The van der Waals surface area contributed by atoms with E-state index >= 15 is 0 Å². The van der Waals surface area contributed by atoms with Crippen molar-refractivity contribution >= 4 is 5.69 Å². The van der Waals surface area contributed by atoms with Gasteiger partial charge in [-0.05, 0) is 11.6 Å². The summed E-state index contributed by atoms with van der Waals surface area (Å²) < 4.78 is 5.38. The van der Waals surface area contributed by atoms with Crippen LogP contribution in [-0.4, -0.2) is 7.11 Å². The van der Waals surface area contributed by atoms with Gasteiger partial charge < -0.3 is 10.2 Å².